The number of nitrogens with one attached hydrogen (secondary N) is 1. The predicted molar refractivity (Wildman–Crippen MR) is 148 cm³/mol. The van der Waals surface area contributed by atoms with Crippen molar-refractivity contribution in [1.29, 1.82) is 0 Å². The Morgan fingerprint density at radius 3 is 2.16 bits per heavy atom. The summed E-state index contributed by atoms with van der Waals surface area (Å²) in [6, 6.07) is 17.9. The molecule has 3 aromatic carbocycles. The first-order valence-electron chi connectivity index (χ1n) is 11.4. The number of carbonyl (C=O) groups is 2. The lowest BCUT2D eigenvalue weighted by Crippen LogP contribution is -2.51. The molecule has 37 heavy (non-hydrogen) atoms. The van der Waals surface area contributed by atoms with Crippen LogP contribution in [0.5, 0.6) is 0 Å². The number of halogens is 3. The van der Waals surface area contributed by atoms with Crippen molar-refractivity contribution < 1.29 is 18.0 Å². The van der Waals surface area contributed by atoms with Crippen LogP contribution in [-0.2, 0) is 26.2 Å². The summed E-state index contributed by atoms with van der Waals surface area (Å²) in [7, 11) is -4.13. The lowest BCUT2D eigenvalue weighted by atomic mass is 10.1. The van der Waals surface area contributed by atoms with Gasteiger partial charge in [0.25, 0.3) is 10.0 Å². The molecule has 0 saturated carbocycles. The summed E-state index contributed by atoms with van der Waals surface area (Å²) in [6.07, 6.45) is 0. The first kappa shape index (κ1) is 28.8. The lowest BCUT2D eigenvalue weighted by molar-refractivity contribution is -0.139. The third kappa shape index (κ3) is 7.17. The number of hydrogen-bond donors (Lipinski definition) is 1. The highest BCUT2D eigenvalue weighted by Gasteiger charge is 2.32. The van der Waals surface area contributed by atoms with Gasteiger partial charge in [0.05, 0.1) is 20.6 Å². The van der Waals surface area contributed by atoms with Crippen molar-refractivity contribution >= 4 is 62.3 Å². The Kier molecular flexibility index (Phi) is 9.84. The van der Waals surface area contributed by atoms with Crippen LogP contribution in [0.4, 0.5) is 5.69 Å². The first-order chi connectivity index (χ1) is 17.5. The number of amides is 2. The summed E-state index contributed by atoms with van der Waals surface area (Å²) in [5.74, 6) is -0.959. The number of hydrogen-bond acceptors (Lipinski definition) is 4. The Hall–Kier alpha value is -2.78. The highest BCUT2D eigenvalue weighted by Crippen LogP contribution is 2.27. The van der Waals surface area contributed by atoms with E-state index in [0.29, 0.717) is 27.2 Å². The van der Waals surface area contributed by atoms with Crippen molar-refractivity contribution in [2.24, 2.45) is 0 Å². The smallest absolute Gasteiger partial charge is 0.264 e. The fraction of sp³-hybridized carbons (Fsp3) is 0.231. The van der Waals surface area contributed by atoms with Crippen LogP contribution in [0.2, 0.25) is 15.1 Å². The maximum Gasteiger partial charge on any atom is 0.264 e. The van der Waals surface area contributed by atoms with E-state index in [9.17, 15) is 18.0 Å². The Morgan fingerprint density at radius 2 is 1.57 bits per heavy atom. The molecule has 0 radical (unpaired) electrons. The Bertz CT molecular complexity index is 1350. The van der Waals surface area contributed by atoms with E-state index in [1.54, 1.807) is 62.4 Å². The SMILES string of the molecule is CCNC(=O)[C@H](C)N(Cc1ccc(Cl)c(Cl)c1)C(=O)CN(c1ccc(Cl)cc1)S(=O)(=O)c1ccccc1. The summed E-state index contributed by atoms with van der Waals surface area (Å²) in [5, 5.41) is 3.77. The van der Waals surface area contributed by atoms with Crippen LogP contribution in [0.25, 0.3) is 0 Å². The van der Waals surface area contributed by atoms with Crippen molar-refractivity contribution in [2.75, 3.05) is 17.4 Å². The van der Waals surface area contributed by atoms with Crippen LogP contribution in [0.1, 0.15) is 19.4 Å². The molecule has 1 N–H and O–H groups in total. The monoisotopic (exact) mass is 581 g/mol. The van der Waals surface area contributed by atoms with E-state index in [0.717, 1.165) is 4.31 Å². The second kappa shape index (κ2) is 12.6. The summed E-state index contributed by atoms with van der Waals surface area (Å²) < 4.78 is 28.3. The quantitative estimate of drug-likeness (QED) is 0.347. The van der Waals surface area contributed by atoms with Crippen LogP contribution < -0.4 is 9.62 Å². The molecule has 3 rings (SSSR count). The number of likely N-dealkylation sites (N-methyl/N-ethyl adjacent to an activating group) is 1. The van der Waals surface area contributed by atoms with Crippen molar-refractivity contribution in [3.63, 3.8) is 0 Å². The fourth-order valence-corrected chi connectivity index (χ4v) is 5.48. The summed E-state index contributed by atoms with van der Waals surface area (Å²) in [5.41, 5.74) is 0.879. The number of carbonyl (C=O) groups excluding carboxylic acids is 2. The molecule has 1 atom stereocenters. The van der Waals surface area contributed by atoms with Gasteiger partial charge in [0, 0.05) is 18.1 Å². The van der Waals surface area contributed by atoms with Gasteiger partial charge in [0.1, 0.15) is 12.6 Å². The van der Waals surface area contributed by atoms with Crippen molar-refractivity contribution in [3.8, 4) is 0 Å². The Balaban J connectivity index is 2.02. The topological polar surface area (TPSA) is 86.8 Å². The highest BCUT2D eigenvalue weighted by molar-refractivity contribution is 7.92. The molecular weight excluding hydrogens is 557 g/mol. The van der Waals surface area contributed by atoms with Gasteiger partial charge in [0.15, 0.2) is 0 Å². The third-order valence-corrected chi connectivity index (χ3v) is 8.36. The van der Waals surface area contributed by atoms with Crippen LogP contribution in [-0.4, -0.2) is 44.3 Å². The summed E-state index contributed by atoms with van der Waals surface area (Å²) >= 11 is 18.2. The van der Waals surface area contributed by atoms with E-state index in [1.807, 2.05) is 0 Å². The average Bonchev–Trinajstić information content (AvgIpc) is 2.88. The molecule has 3 aromatic rings. The molecule has 2 amide bonds. The zero-order valence-corrected chi connectivity index (χ0v) is 23.3. The fourth-order valence-electron chi connectivity index (χ4n) is 3.60. The summed E-state index contributed by atoms with van der Waals surface area (Å²) in [4.78, 5) is 27.8. The van der Waals surface area contributed by atoms with Crippen molar-refractivity contribution in [1.82, 2.24) is 10.2 Å². The molecular formula is C26H26Cl3N3O4S. The van der Waals surface area contributed by atoms with E-state index in [4.69, 9.17) is 34.8 Å². The molecule has 0 heterocycles. The van der Waals surface area contributed by atoms with Gasteiger partial charge in [-0.15, -0.1) is 0 Å². The minimum absolute atomic E-state index is 0.00780. The van der Waals surface area contributed by atoms with Gasteiger partial charge in [-0.25, -0.2) is 8.42 Å². The molecule has 0 bridgehead atoms. The second-order valence-electron chi connectivity index (χ2n) is 8.14. The minimum atomic E-state index is -4.13. The predicted octanol–water partition coefficient (Wildman–Crippen LogP) is 5.40. The van der Waals surface area contributed by atoms with Gasteiger partial charge < -0.3 is 10.2 Å². The molecule has 0 spiro atoms. The number of anilines is 1. The first-order valence-corrected chi connectivity index (χ1v) is 14.0. The molecule has 11 heteroatoms. The normalized spacial score (nSPS) is 12.0. The van der Waals surface area contributed by atoms with Crippen LogP contribution in [0, 0.1) is 0 Å². The number of benzene rings is 3. The van der Waals surface area contributed by atoms with E-state index in [-0.39, 0.29) is 23.0 Å². The van der Waals surface area contributed by atoms with Gasteiger partial charge in [-0.05, 0) is 67.9 Å². The average molecular weight is 583 g/mol. The van der Waals surface area contributed by atoms with Crippen LogP contribution >= 0.6 is 34.8 Å². The standard InChI is InChI=1S/C26H26Cl3N3O4S/c1-3-30-26(34)18(2)31(16-19-9-14-23(28)24(29)15-19)25(33)17-32(21-12-10-20(27)11-13-21)37(35,36)22-7-5-4-6-8-22/h4-15,18H,3,16-17H2,1-2H3,(H,30,34)/t18-/m0/s1. The van der Waals surface area contributed by atoms with E-state index < -0.39 is 28.5 Å². The van der Waals surface area contributed by atoms with Crippen LogP contribution in [0.15, 0.2) is 77.7 Å². The molecule has 0 aliphatic carbocycles. The Morgan fingerprint density at radius 1 is 0.919 bits per heavy atom. The summed E-state index contributed by atoms with van der Waals surface area (Å²) in [6.45, 7) is 3.18. The van der Waals surface area contributed by atoms with Crippen molar-refractivity contribution in [3.05, 3.63) is 93.4 Å². The molecule has 196 valence electrons. The van der Waals surface area contributed by atoms with E-state index in [1.165, 1.54) is 29.2 Å². The van der Waals surface area contributed by atoms with Gasteiger partial charge >= 0.3 is 0 Å². The molecule has 0 aliphatic rings. The third-order valence-electron chi connectivity index (χ3n) is 5.58. The highest BCUT2D eigenvalue weighted by atomic mass is 35.5. The van der Waals surface area contributed by atoms with E-state index >= 15 is 0 Å². The maximum absolute atomic E-state index is 13.7. The molecule has 0 aromatic heterocycles. The second-order valence-corrected chi connectivity index (χ2v) is 11.3. The van der Waals surface area contributed by atoms with Gasteiger partial charge in [-0.1, -0.05) is 59.1 Å². The molecule has 0 aliphatic heterocycles. The zero-order chi connectivity index (χ0) is 27.2. The molecule has 0 saturated heterocycles. The zero-order valence-electron chi connectivity index (χ0n) is 20.2. The number of sulfonamides is 1. The van der Waals surface area contributed by atoms with Gasteiger partial charge in [0.2, 0.25) is 11.8 Å². The Labute approximate surface area is 232 Å². The number of rotatable bonds is 10. The molecule has 7 nitrogen and oxygen atoms in total. The minimum Gasteiger partial charge on any atom is -0.355 e. The van der Waals surface area contributed by atoms with Crippen molar-refractivity contribution in [2.45, 2.75) is 31.3 Å². The molecule has 0 unspecified atom stereocenters. The van der Waals surface area contributed by atoms with Crippen LogP contribution in [0.3, 0.4) is 0 Å². The maximum atomic E-state index is 13.7. The lowest BCUT2D eigenvalue weighted by Gasteiger charge is -2.32. The largest absolute Gasteiger partial charge is 0.355 e. The molecule has 0 fully saturated rings. The van der Waals surface area contributed by atoms with Gasteiger partial charge in [-0.3, -0.25) is 13.9 Å². The van der Waals surface area contributed by atoms with Gasteiger partial charge in [-0.2, -0.15) is 0 Å². The van der Waals surface area contributed by atoms with E-state index in [2.05, 4.69) is 5.32 Å². The number of nitrogens with zero attached hydrogens (tertiary/aromatic N) is 2.